The zero-order chi connectivity index (χ0) is 21.3. The lowest BCUT2D eigenvalue weighted by Gasteiger charge is -2.29. The van der Waals surface area contributed by atoms with E-state index in [-0.39, 0.29) is 5.57 Å². The fourth-order valence-electron chi connectivity index (χ4n) is 4.20. The summed E-state index contributed by atoms with van der Waals surface area (Å²) < 4.78 is 15.8. The van der Waals surface area contributed by atoms with Gasteiger partial charge in [0.05, 0.1) is 0 Å². The molecular formula is C25H47FO2. The van der Waals surface area contributed by atoms with Crippen molar-refractivity contribution in [2.45, 2.75) is 143 Å². The third-order valence-corrected chi connectivity index (χ3v) is 6.02. The first-order valence-electron chi connectivity index (χ1n) is 12.0. The molecule has 0 saturated heterocycles. The number of unbranched alkanes of at least 4 members (excludes halogenated alkanes) is 12. The summed E-state index contributed by atoms with van der Waals surface area (Å²) in [6, 6.07) is 0. The van der Waals surface area contributed by atoms with Gasteiger partial charge in [-0.25, -0.2) is 9.18 Å². The van der Waals surface area contributed by atoms with E-state index in [9.17, 15) is 9.90 Å². The molecule has 0 spiro atoms. The summed E-state index contributed by atoms with van der Waals surface area (Å²) >= 11 is 0. The van der Waals surface area contributed by atoms with Crippen LogP contribution in [-0.4, -0.2) is 16.7 Å². The summed E-state index contributed by atoms with van der Waals surface area (Å²) in [4.78, 5) is 11.4. The van der Waals surface area contributed by atoms with Gasteiger partial charge in [0.2, 0.25) is 0 Å². The number of hydrogen-bond donors (Lipinski definition) is 1. The molecule has 28 heavy (non-hydrogen) atoms. The molecule has 0 aliphatic carbocycles. The predicted molar refractivity (Wildman–Crippen MR) is 120 cm³/mol. The first-order chi connectivity index (χ1) is 13.4. The number of alkyl halides is 1. The highest BCUT2D eigenvalue weighted by Crippen LogP contribution is 2.37. The van der Waals surface area contributed by atoms with Crippen molar-refractivity contribution in [2.24, 2.45) is 0 Å². The molecule has 0 heterocycles. The van der Waals surface area contributed by atoms with Crippen LogP contribution >= 0.6 is 0 Å². The van der Waals surface area contributed by atoms with Gasteiger partial charge in [-0.05, 0) is 44.6 Å². The highest BCUT2D eigenvalue weighted by Gasteiger charge is 2.34. The predicted octanol–water partition coefficient (Wildman–Crippen LogP) is 8.79. The molecule has 0 aromatic rings. The average Bonchev–Trinajstić information content (AvgIpc) is 2.66. The third kappa shape index (κ3) is 11.9. The fourth-order valence-corrected chi connectivity index (χ4v) is 4.20. The summed E-state index contributed by atoms with van der Waals surface area (Å²) in [5.74, 6) is -0.978. The standard InChI is InChI=1S/C25H47FO2/c1-5-8-10-11-12-13-14-15-16-17-19-21-25(26,20-18-9-6-2)23(7-3)22(4)24(27)28/h5-21H2,1-4H3,(H,27,28). The van der Waals surface area contributed by atoms with Crippen molar-refractivity contribution >= 4 is 5.97 Å². The Bertz CT molecular complexity index is 430. The van der Waals surface area contributed by atoms with Crippen molar-refractivity contribution in [2.75, 3.05) is 0 Å². The SMILES string of the molecule is CCCCCCCCCCCCCC(F)(CCCCC)C(CC)=C(C)C(=O)O. The Balaban J connectivity index is 4.36. The summed E-state index contributed by atoms with van der Waals surface area (Å²) in [6.07, 6.45) is 18.0. The molecule has 1 N–H and O–H groups in total. The van der Waals surface area contributed by atoms with Gasteiger partial charge in [0.25, 0.3) is 0 Å². The smallest absolute Gasteiger partial charge is 0.331 e. The van der Waals surface area contributed by atoms with Crippen LogP contribution in [0.25, 0.3) is 0 Å². The number of allylic oxidation sites excluding steroid dienone is 1. The van der Waals surface area contributed by atoms with Gasteiger partial charge in [0.1, 0.15) is 5.67 Å². The van der Waals surface area contributed by atoms with Gasteiger partial charge in [-0.3, -0.25) is 0 Å². The van der Waals surface area contributed by atoms with Gasteiger partial charge < -0.3 is 5.11 Å². The van der Waals surface area contributed by atoms with E-state index in [4.69, 9.17) is 0 Å². The highest BCUT2D eigenvalue weighted by atomic mass is 19.1. The van der Waals surface area contributed by atoms with E-state index in [0.29, 0.717) is 24.8 Å². The number of carbonyl (C=O) groups is 1. The fraction of sp³-hybridized carbons (Fsp3) is 0.880. The van der Waals surface area contributed by atoms with Crippen LogP contribution in [0.5, 0.6) is 0 Å². The van der Waals surface area contributed by atoms with Crippen LogP contribution in [0.2, 0.25) is 0 Å². The van der Waals surface area contributed by atoms with Crippen LogP contribution in [0.15, 0.2) is 11.1 Å². The van der Waals surface area contributed by atoms with Crippen molar-refractivity contribution in [3.8, 4) is 0 Å². The maximum atomic E-state index is 15.8. The summed E-state index contributed by atoms with van der Waals surface area (Å²) in [5, 5.41) is 9.35. The molecule has 0 fully saturated rings. The number of rotatable bonds is 19. The lowest BCUT2D eigenvalue weighted by Crippen LogP contribution is -2.28. The Labute approximate surface area is 174 Å². The molecule has 166 valence electrons. The molecule has 0 aliphatic heterocycles. The molecular weight excluding hydrogens is 351 g/mol. The van der Waals surface area contributed by atoms with Crippen LogP contribution in [0.1, 0.15) is 137 Å². The highest BCUT2D eigenvalue weighted by molar-refractivity contribution is 5.87. The second kappa shape index (κ2) is 17.0. The maximum Gasteiger partial charge on any atom is 0.331 e. The number of hydrogen-bond acceptors (Lipinski definition) is 1. The minimum atomic E-state index is -1.44. The van der Waals surface area contributed by atoms with Crippen LogP contribution in [0, 0.1) is 0 Å². The van der Waals surface area contributed by atoms with Crippen LogP contribution < -0.4 is 0 Å². The van der Waals surface area contributed by atoms with Crippen LogP contribution in [0.4, 0.5) is 4.39 Å². The zero-order valence-corrected chi connectivity index (χ0v) is 19.3. The second-order valence-corrected chi connectivity index (χ2v) is 8.47. The van der Waals surface area contributed by atoms with Crippen molar-refractivity contribution < 1.29 is 14.3 Å². The molecule has 0 bridgehead atoms. The first-order valence-corrected chi connectivity index (χ1v) is 12.0. The summed E-state index contributed by atoms with van der Waals surface area (Å²) in [6.45, 7) is 7.81. The van der Waals surface area contributed by atoms with Gasteiger partial charge >= 0.3 is 5.97 Å². The number of carboxylic acids is 1. The van der Waals surface area contributed by atoms with Gasteiger partial charge in [-0.1, -0.05) is 97.8 Å². The van der Waals surface area contributed by atoms with Gasteiger partial charge in [-0.15, -0.1) is 0 Å². The van der Waals surface area contributed by atoms with E-state index in [1.54, 1.807) is 6.92 Å². The normalized spacial score (nSPS) is 14.6. The molecule has 0 radical (unpaired) electrons. The Kier molecular flexibility index (Phi) is 16.5. The van der Waals surface area contributed by atoms with Gasteiger partial charge in [-0.2, -0.15) is 0 Å². The molecule has 0 rings (SSSR count). The van der Waals surface area contributed by atoms with E-state index in [0.717, 1.165) is 32.1 Å². The van der Waals surface area contributed by atoms with E-state index in [1.165, 1.54) is 57.8 Å². The molecule has 0 saturated carbocycles. The number of aliphatic carboxylic acids is 1. The quantitative estimate of drug-likeness (QED) is 0.174. The molecule has 1 atom stereocenters. The van der Waals surface area contributed by atoms with Gasteiger partial charge in [0.15, 0.2) is 0 Å². The Hall–Kier alpha value is -0.860. The lowest BCUT2D eigenvalue weighted by molar-refractivity contribution is -0.132. The molecule has 3 heteroatoms. The van der Waals surface area contributed by atoms with Crippen molar-refractivity contribution in [1.82, 2.24) is 0 Å². The lowest BCUT2D eigenvalue weighted by atomic mass is 9.81. The van der Waals surface area contributed by atoms with Crippen molar-refractivity contribution in [3.05, 3.63) is 11.1 Å². The van der Waals surface area contributed by atoms with E-state index in [1.807, 2.05) is 6.92 Å². The van der Waals surface area contributed by atoms with Crippen molar-refractivity contribution in [1.29, 1.82) is 0 Å². The molecule has 1 unspecified atom stereocenters. The van der Waals surface area contributed by atoms with E-state index >= 15 is 4.39 Å². The molecule has 0 aromatic heterocycles. The topological polar surface area (TPSA) is 37.3 Å². The van der Waals surface area contributed by atoms with E-state index < -0.39 is 11.6 Å². The Morgan fingerprint density at radius 2 is 1.07 bits per heavy atom. The van der Waals surface area contributed by atoms with Crippen LogP contribution in [0.3, 0.4) is 0 Å². The molecule has 2 nitrogen and oxygen atoms in total. The minimum Gasteiger partial charge on any atom is -0.478 e. The first kappa shape index (κ1) is 27.1. The van der Waals surface area contributed by atoms with Gasteiger partial charge in [0, 0.05) is 5.57 Å². The van der Waals surface area contributed by atoms with Crippen LogP contribution in [-0.2, 0) is 4.79 Å². The largest absolute Gasteiger partial charge is 0.478 e. The minimum absolute atomic E-state index is 0.213. The Morgan fingerprint density at radius 3 is 1.46 bits per heavy atom. The van der Waals surface area contributed by atoms with Crippen molar-refractivity contribution in [3.63, 3.8) is 0 Å². The zero-order valence-electron chi connectivity index (χ0n) is 19.3. The molecule has 0 amide bonds. The number of halogens is 1. The maximum absolute atomic E-state index is 15.8. The molecule has 0 aliphatic rings. The summed E-state index contributed by atoms with van der Waals surface area (Å²) in [5.41, 5.74) is -0.709. The Morgan fingerprint density at radius 1 is 0.714 bits per heavy atom. The second-order valence-electron chi connectivity index (χ2n) is 8.47. The third-order valence-electron chi connectivity index (χ3n) is 6.02. The average molecular weight is 399 g/mol. The summed E-state index contributed by atoms with van der Waals surface area (Å²) in [7, 11) is 0. The van der Waals surface area contributed by atoms with E-state index in [2.05, 4.69) is 13.8 Å². The number of carboxylic acid groups (broad SMARTS) is 1. The molecule has 0 aromatic carbocycles. The monoisotopic (exact) mass is 398 g/mol.